The summed E-state index contributed by atoms with van der Waals surface area (Å²) in [5.41, 5.74) is 2.83. The Balaban J connectivity index is 2.38. The van der Waals surface area contributed by atoms with E-state index < -0.39 is 0 Å². The largest absolute Gasteiger partial charge is 0.306 e. The zero-order valence-corrected chi connectivity index (χ0v) is 15.9. The van der Waals surface area contributed by atoms with Crippen molar-refractivity contribution in [2.45, 2.75) is 46.1 Å². The Hall–Kier alpha value is -0.640. The van der Waals surface area contributed by atoms with Gasteiger partial charge in [-0.25, -0.2) is 0 Å². The first-order chi connectivity index (χ1) is 9.82. The first-order valence-corrected chi connectivity index (χ1v) is 9.03. The van der Waals surface area contributed by atoms with Gasteiger partial charge in [0.2, 0.25) is 0 Å². The lowest BCUT2D eigenvalue weighted by Crippen LogP contribution is -2.21. The van der Waals surface area contributed by atoms with Gasteiger partial charge in [-0.3, -0.25) is 0 Å². The highest BCUT2D eigenvalue weighted by molar-refractivity contribution is 9.10. The van der Waals surface area contributed by atoms with Crippen molar-refractivity contribution < 1.29 is 0 Å². The van der Waals surface area contributed by atoms with E-state index >= 15 is 0 Å². The summed E-state index contributed by atoms with van der Waals surface area (Å²) in [7, 11) is 0. The summed E-state index contributed by atoms with van der Waals surface area (Å²) in [6, 6.07) is 11.5. The van der Waals surface area contributed by atoms with Crippen LogP contribution in [0.4, 0.5) is 0 Å². The molecule has 0 amide bonds. The molecule has 2 rings (SSSR count). The topological polar surface area (TPSA) is 12.0 Å². The van der Waals surface area contributed by atoms with Crippen molar-refractivity contribution in [3.63, 3.8) is 0 Å². The summed E-state index contributed by atoms with van der Waals surface area (Å²) < 4.78 is 1.17. The highest BCUT2D eigenvalue weighted by atomic mass is 79.9. The normalized spacial score (nSPS) is 13.4. The van der Waals surface area contributed by atoms with Crippen molar-refractivity contribution in [3.8, 4) is 0 Å². The van der Waals surface area contributed by atoms with Crippen LogP contribution in [0.1, 0.15) is 54.6 Å². The number of benzene rings is 1. The average molecular weight is 366 g/mol. The van der Waals surface area contributed by atoms with Crippen LogP contribution in [-0.4, -0.2) is 6.54 Å². The van der Waals surface area contributed by atoms with Crippen LogP contribution in [0.2, 0.25) is 0 Å². The lowest BCUT2D eigenvalue weighted by Gasteiger charge is -2.19. The maximum absolute atomic E-state index is 3.62. The van der Waals surface area contributed by atoms with E-state index in [0.717, 1.165) is 6.54 Å². The third kappa shape index (κ3) is 3.97. The number of nitrogens with one attached hydrogen (secondary N) is 1. The first kappa shape index (κ1) is 16.7. The number of rotatable bonds is 4. The minimum Gasteiger partial charge on any atom is -0.306 e. The second-order valence-corrected chi connectivity index (χ2v) is 8.42. The molecule has 0 spiro atoms. The zero-order chi connectivity index (χ0) is 15.6. The second kappa shape index (κ2) is 6.64. The molecule has 0 bridgehead atoms. The quantitative estimate of drug-likeness (QED) is 0.719. The molecule has 1 N–H and O–H groups in total. The fourth-order valence-corrected chi connectivity index (χ4v) is 3.76. The predicted octanol–water partition coefficient (Wildman–Crippen LogP) is 5.82. The maximum Gasteiger partial charge on any atom is 0.0671 e. The highest BCUT2D eigenvalue weighted by Gasteiger charge is 2.20. The molecule has 2 aromatic rings. The smallest absolute Gasteiger partial charge is 0.0671 e. The molecule has 1 heterocycles. The van der Waals surface area contributed by atoms with Crippen LogP contribution in [0, 0.1) is 6.92 Å². The molecule has 0 fully saturated rings. The Morgan fingerprint density at radius 3 is 2.43 bits per heavy atom. The summed E-state index contributed by atoms with van der Waals surface area (Å²) in [6.07, 6.45) is 0. The zero-order valence-electron chi connectivity index (χ0n) is 13.5. The standard InChI is InChI=1S/C18H24BrNS/c1-6-20-17(13-7-8-14(19)12(2)11-13)15-9-10-16(21-15)18(3,4)5/h7-11,17,20H,6H2,1-5H3. The molecule has 0 aliphatic carbocycles. The van der Waals surface area contributed by atoms with Gasteiger partial charge in [-0.05, 0) is 48.2 Å². The molecular formula is C18H24BrNS. The lowest BCUT2D eigenvalue weighted by atomic mass is 9.95. The minimum atomic E-state index is 0.218. The monoisotopic (exact) mass is 365 g/mol. The first-order valence-electron chi connectivity index (χ1n) is 7.42. The van der Waals surface area contributed by atoms with Gasteiger partial charge in [-0.1, -0.05) is 55.8 Å². The molecule has 0 saturated heterocycles. The Bertz CT molecular complexity index is 610. The number of halogens is 1. The van der Waals surface area contributed by atoms with Crippen molar-refractivity contribution in [2.24, 2.45) is 0 Å². The van der Waals surface area contributed by atoms with E-state index in [1.54, 1.807) is 0 Å². The Morgan fingerprint density at radius 2 is 1.90 bits per heavy atom. The molecule has 0 saturated carbocycles. The van der Waals surface area contributed by atoms with Crippen molar-refractivity contribution >= 4 is 27.3 Å². The highest BCUT2D eigenvalue weighted by Crippen LogP contribution is 2.35. The molecule has 114 valence electrons. The van der Waals surface area contributed by atoms with Gasteiger partial charge >= 0.3 is 0 Å². The number of hydrogen-bond donors (Lipinski definition) is 1. The van der Waals surface area contributed by atoms with E-state index in [1.807, 2.05) is 11.3 Å². The molecule has 1 unspecified atom stereocenters. The van der Waals surface area contributed by atoms with Gasteiger partial charge in [0, 0.05) is 14.2 Å². The predicted molar refractivity (Wildman–Crippen MR) is 97.4 cm³/mol. The molecular weight excluding hydrogens is 342 g/mol. The minimum absolute atomic E-state index is 0.218. The lowest BCUT2D eigenvalue weighted by molar-refractivity contribution is 0.604. The SMILES string of the molecule is CCNC(c1ccc(Br)c(C)c1)c1ccc(C(C)(C)C)s1. The Kier molecular flexibility index (Phi) is 5.29. The number of aryl methyl sites for hydroxylation is 1. The molecule has 1 aromatic carbocycles. The molecule has 1 aromatic heterocycles. The summed E-state index contributed by atoms with van der Waals surface area (Å²) in [5.74, 6) is 0. The third-order valence-electron chi connectivity index (χ3n) is 3.57. The summed E-state index contributed by atoms with van der Waals surface area (Å²) in [4.78, 5) is 2.83. The Morgan fingerprint density at radius 1 is 1.19 bits per heavy atom. The molecule has 3 heteroatoms. The van der Waals surface area contributed by atoms with Crippen molar-refractivity contribution in [3.05, 3.63) is 55.7 Å². The molecule has 0 aliphatic rings. The number of thiophene rings is 1. The summed E-state index contributed by atoms with van der Waals surface area (Å²) in [6.45, 7) is 12.1. The maximum atomic E-state index is 3.62. The van der Waals surface area contributed by atoms with Gasteiger partial charge in [0.1, 0.15) is 0 Å². The molecule has 1 nitrogen and oxygen atoms in total. The van der Waals surface area contributed by atoms with E-state index in [0.29, 0.717) is 0 Å². The van der Waals surface area contributed by atoms with E-state index in [9.17, 15) is 0 Å². The van der Waals surface area contributed by atoms with E-state index in [-0.39, 0.29) is 11.5 Å². The molecule has 1 atom stereocenters. The second-order valence-electron chi connectivity index (χ2n) is 6.45. The van der Waals surface area contributed by atoms with Crippen LogP contribution in [0.25, 0.3) is 0 Å². The van der Waals surface area contributed by atoms with Gasteiger partial charge in [0.25, 0.3) is 0 Å². The molecule has 0 aliphatic heterocycles. The molecule has 0 radical (unpaired) electrons. The van der Waals surface area contributed by atoms with Gasteiger partial charge in [0.05, 0.1) is 6.04 Å². The fourth-order valence-electron chi connectivity index (χ4n) is 2.35. The van der Waals surface area contributed by atoms with Gasteiger partial charge in [0.15, 0.2) is 0 Å². The van der Waals surface area contributed by atoms with Crippen LogP contribution in [0.15, 0.2) is 34.8 Å². The van der Waals surface area contributed by atoms with Crippen LogP contribution >= 0.6 is 27.3 Å². The van der Waals surface area contributed by atoms with Crippen molar-refractivity contribution in [1.29, 1.82) is 0 Å². The van der Waals surface area contributed by atoms with Crippen LogP contribution in [-0.2, 0) is 5.41 Å². The summed E-state index contributed by atoms with van der Waals surface area (Å²) >= 11 is 5.50. The van der Waals surface area contributed by atoms with Crippen LogP contribution in [0.5, 0.6) is 0 Å². The number of hydrogen-bond acceptors (Lipinski definition) is 2. The van der Waals surface area contributed by atoms with E-state index in [1.165, 1.54) is 25.4 Å². The van der Waals surface area contributed by atoms with Crippen LogP contribution in [0.3, 0.4) is 0 Å². The Labute approximate surface area is 140 Å². The van der Waals surface area contributed by atoms with E-state index in [2.05, 4.69) is 86.2 Å². The van der Waals surface area contributed by atoms with Gasteiger partial charge in [-0.2, -0.15) is 0 Å². The van der Waals surface area contributed by atoms with E-state index in [4.69, 9.17) is 0 Å². The van der Waals surface area contributed by atoms with Gasteiger partial charge in [-0.15, -0.1) is 11.3 Å². The van der Waals surface area contributed by atoms with Crippen LogP contribution < -0.4 is 5.32 Å². The van der Waals surface area contributed by atoms with Crippen molar-refractivity contribution in [2.75, 3.05) is 6.54 Å². The summed E-state index contributed by atoms with van der Waals surface area (Å²) in [5, 5.41) is 3.62. The van der Waals surface area contributed by atoms with Gasteiger partial charge < -0.3 is 5.32 Å². The fraction of sp³-hybridized carbons (Fsp3) is 0.444. The average Bonchev–Trinajstić information content (AvgIpc) is 2.89. The molecule has 21 heavy (non-hydrogen) atoms. The van der Waals surface area contributed by atoms with Crippen molar-refractivity contribution in [1.82, 2.24) is 5.32 Å². The third-order valence-corrected chi connectivity index (χ3v) is 6.04.